The molecule has 0 fully saturated rings. The molecular formula is C16H16ClF2N. The van der Waals surface area contributed by atoms with Gasteiger partial charge in [0, 0.05) is 17.1 Å². The lowest BCUT2D eigenvalue weighted by molar-refractivity contribution is 0.561. The average molecular weight is 296 g/mol. The average Bonchev–Trinajstić information content (AvgIpc) is 2.38. The smallest absolute Gasteiger partial charge is 0.126 e. The van der Waals surface area contributed by atoms with Crippen molar-refractivity contribution in [2.45, 2.75) is 19.4 Å². The molecule has 0 saturated heterocycles. The Morgan fingerprint density at radius 2 is 1.80 bits per heavy atom. The summed E-state index contributed by atoms with van der Waals surface area (Å²) in [5.74, 6) is -1.12. The third-order valence-electron chi connectivity index (χ3n) is 3.40. The predicted molar refractivity (Wildman–Crippen MR) is 78.1 cm³/mol. The van der Waals surface area contributed by atoms with Crippen molar-refractivity contribution in [1.82, 2.24) is 5.32 Å². The summed E-state index contributed by atoms with van der Waals surface area (Å²) in [4.78, 5) is 0. The van der Waals surface area contributed by atoms with Gasteiger partial charge in [-0.3, -0.25) is 0 Å². The van der Waals surface area contributed by atoms with E-state index in [-0.39, 0.29) is 6.04 Å². The molecule has 4 heteroatoms. The SMILES string of the molecule is CNC(Cc1cc(F)cc(F)c1)c1cccc(Cl)c1C. The van der Waals surface area contributed by atoms with E-state index in [1.807, 2.05) is 32.2 Å². The highest BCUT2D eigenvalue weighted by molar-refractivity contribution is 6.31. The van der Waals surface area contributed by atoms with Crippen molar-refractivity contribution in [3.8, 4) is 0 Å². The fourth-order valence-corrected chi connectivity index (χ4v) is 2.52. The van der Waals surface area contributed by atoms with Gasteiger partial charge in [-0.25, -0.2) is 8.78 Å². The molecule has 0 spiro atoms. The van der Waals surface area contributed by atoms with Crippen molar-refractivity contribution < 1.29 is 8.78 Å². The lowest BCUT2D eigenvalue weighted by atomic mass is 9.95. The minimum Gasteiger partial charge on any atom is -0.313 e. The van der Waals surface area contributed by atoms with Gasteiger partial charge < -0.3 is 5.32 Å². The molecule has 2 aromatic rings. The van der Waals surface area contributed by atoms with Crippen LogP contribution >= 0.6 is 11.6 Å². The number of nitrogens with one attached hydrogen (secondary N) is 1. The van der Waals surface area contributed by atoms with E-state index in [2.05, 4.69) is 5.32 Å². The standard InChI is InChI=1S/C16H16ClF2N/c1-10-14(4-3-5-15(10)17)16(20-2)8-11-6-12(18)9-13(19)7-11/h3-7,9,16,20H,8H2,1-2H3. The second-order valence-electron chi connectivity index (χ2n) is 4.78. The Hall–Kier alpha value is -1.45. The van der Waals surface area contributed by atoms with E-state index >= 15 is 0 Å². The van der Waals surface area contributed by atoms with Crippen LogP contribution in [0.5, 0.6) is 0 Å². The Morgan fingerprint density at radius 3 is 2.40 bits per heavy atom. The van der Waals surface area contributed by atoms with Crippen LogP contribution in [0.3, 0.4) is 0 Å². The van der Waals surface area contributed by atoms with Crippen LogP contribution in [-0.4, -0.2) is 7.05 Å². The van der Waals surface area contributed by atoms with Crippen LogP contribution in [-0.2, 0) is 6.42 Å². The zero-order valence-corrected chi connectivity index (χ0v) is 12.1. The van der Waals surface area contributed by atoms with Crippen molar-refractivity contribution in [1.29, 1.82) is 0 Å². The van der Waals surface area contributed by atoms with Gasteiger partial charge in [0.2, 0.25) is 0 Å². The summed E-state index contributed by atoms with van der Waals surface area (Å²) in [7, 11) is 1.82. The molecule has 0 aliphatic rings. The molecule has 1 atom stereocenters. The van der Waals surface area contributed by atoms with E-state index in [1.165, 1.54) is 12.1 Å². The highest BCUT2D eigenvalue weighted by Gasteiger charge is 2.15. The van der Waals surface area contributed by atoms with Crippen LogP contribution in [0.2, 0.25) is 5.02 Å². The Kier molecular flexibility index (Phi) is 4.73. The lowest BCUT2D eigenvalue weighted by Crippen LogP contribution is -2.20. The molecule has 2 aromatic carbocycles. The van der Waals surface area contributed by atoms with E-state index < -0.39 is 11.6 Å². The van der Waals surface area contributed by atoms with E-state index in [0.717, 1.165) is 17.2 Å². The molecule has 0 aromatic heterocycles. The highest BCUT2D eigenvalue weighted by Crippen LogP contribution is 2.26. The third-order valence-corrected chi connectivity index (χ3v) is 3.81. The summed E-state index contributed by atoms with van der Waals surface area (Å²) in [6, 6.07) is 9.21. The van der Waals surface area contributed by atoms with Gasteiger partial charge in [-0.1, -0.05) is 23.7 Å². The molecule has 2 rings (SSSR count). The molecule has 0 saturated carbocycles. The Bertz CT molecular complexity index is 593. The monoisotopic (exact) mass is 295 g/mol. The normalized spacial score (nSPS) is 12.4. The van der Waals surface area contributed by atoms with E-state index in [4.69, 9.17) is 11.6 Å². The first-order valence-electron chi connectivity index (χ1n) is 6.38. The Morgan fingerprint density at radius 1 is 1.15 bits per heavy atom. The molecule has 0 heterocycles. The number of halogens is 3. The topological polar surface area (TPSA) is 12.0 Å². The third kappa shape index (κ3) is 3.35. The number of benzene rings is 2. The number of hydrogen-bond acceptors (Lipinski definition) is 1. The van der Waals surface area contributed by atoms with Crippen molar-refractivity contribution >= 4 is 11.6 Å². The second-order valence-corrected chi connectivity index (χ2v) is 5.18. The molecule has 0 radical (unpaired) electrons. The number of likely N-dealkylation sites (N-methyl/N-ethyl adjacent to an activating group) is 1. The van der Waals surface area contributed by atoms with Gasteiger partial charge >= 0.3 is 0 Å². The first kappa shape index (κ1) is 14.9. The van der Waals surface area contributed by atoms with Gasteiger partial charge in [0.05, 0.1) is 0 Å². The first-order valence-corrected chi connectivity index (χ1v) is 6.76. The van der Waals surface area contributed by atoms with Crippen molar-refractivity contribution in [2.75, 3.05) is 7.05 Å². The maximum absolute atomic E-state index is 13.2. The van der Waals surface area contributed by atoms with Gasteiger partial charge in [0.1, 0.15) is 11.6 Å². The molecule has 0 amide bonds. The van der Waals surface area contributed by atoms with Crippen molar-refractivity contribution in [2.24, 2.45) is 0 Å². The Balaban J connectivity index is 2.31. The van der Waals surface area contributed by atoms with E-state index in [9.17, 15) is 8.78 Å². The van der Waals surface area contributed by atoms with Crippen LogP contribution in [0.1, 0.15) is 22.7 Å². The van der Waals surface area contributed by atoms with Crippen molar-refractivity contribution in [3.63, 3.8) is 0 Å². The van der Waals surface area contributed by atoms with Gasteiger partial charge in [0.15, 0.2) is 0 Å². The minimum absolute atomic E-state index is 0.0464. The largest absolute Gasteiger partial charge is 0.313 e. The molecular weight excluding hydrogens is 280 g/mol. The van der Waals surface area contributed by atoms with Gasteiger partial charge in [-0.05, 0) is 55.3 Å². The van der Waals surface area contributed by atoms with E-state index in [0.29, 0.717) is 17.0 Å². The predicted octanol–water partition coefficient (Wildman–Crippen LogP) is 4.43. The first-order chi connectivity index (χ1) is 9.51. The molecule has 106 valence electrons. The van der Waals surface area contributed by atoms with Crippen LogP contribution in [0.4, 0.5) is 8.78 Å². The maximum atomic E-state index is 13.2. The fourth-order valence-electron chi connectivity index (χ4n) is 2.33. The number of rotatable bonds is 4. The van der Waals surface area contributed by atoms with Crippen molar-refractivity contribution in [3.05, 3.63) is 69.7 Å². The van der Waals surface area contributed by atoms with E-state index in [1.54, 1.807) is 0 Å². The summed E-state index contributed by atoms with van der Waals surface area (Å²) in [5.41, 5.74) is 2.62. The summed E-state index contributed by atoms with van der Waals surface area (Å²) < 4.78 is 26.5. The van der Waals surface area contributed by atoms with Crippen LogP contribution in [0, 0.1) is 18.6 Å². The molecule has 0 bridgehead atoms. The fraction of sp³-hybridized carbons (Fsp3) is 0.250. The summed E-state index contributed by atoms with van der Waals surface area (Å²) in [5, 5.41) is 3.86. The lowest BCUT2D eigenvalue weighted by Gasteiger charge is -2.19. The van der Waals surface area contributed by atoms with Crippen LogP contribution in [0.25, 0.3) is 0 Å². The minimum atomic E-state index is -0.558. The Labute approximate surface area is 122 Å². The summed E-state index contributed by atoms with van der Waals surface area (Å²) >= 11 is 6.12. The maximum Gasteiger partial charge on any atom is 0.126 e. The zero-order valence-electron chi connectivity index (χ0n) is 11.4. The van der Waals surface area contributed by atoms with Gasteiger partial charge in [-0.15, -0.1) is 0 Å². The van der Waals surface area contributed by atoms with Crippen LogP contribution < -0.4 is 5.32 Å². The molecule has 20 heavy (non-hydrogen) atoms. The second kappa shape index (κ2) is 6.33. The zero-order chi connectivity index (χ0) is 14.7. The molecule has 1 N–H and O–H groups in total. The molecule has 0 aliphatic carbocycles. The van der Waals surface area contributed by atoms with Gasteiger partial charge in [-0.2, -0.15) is 0 Å². The molecule has 1 nitrogen and oxygen atoms in total. The summed E-state index contributed by atoms with van der Waals surface area (Å²) in [6.45, 7) is 1.94. The molecule has 1 unspecified atom stereocenters. The molecule has 0 aliphatic heterocycles. The quantitative estimate of drug-likeness (QED) is 0.880. The highest BCUT2D eigenvalue weighted by atomic mass is 35.5. The van der Waals surface area contributed by atoms with Crippen LogP contribution in [0.15, 0.2) is 36.4 Å². The van der Waals surface area contributed by atoms with Gasteiger partial charge in [0.25, 0.3) is 0 Å². The summed E-state index contributed by atoms with van der Waals surface area (Å²) in [6.07, 6.45) is 0.492. The number of hydrogen-bond donors (Lipinski definition) is 1.